The molecule has 2 rings (SSSR count). The molecule has 9 heteroatoms. The summed E-state index contributed by atoms with van der Waals surface area (Å²) in [5, 5.41) is 7.76. The van der Waals surface area contributed by atoms with Crippen LogP contribution in [0.2, 0.25) is 0 Å². The molecule has 1 saturated heterocycles. The number of likely N-dealkylation sites (N-methyl/N-ethyl adjacent to an activating group) is 1. The fourth-order valence-electron chi connectivity index (χ4n) is 2.64. The Kier molecular flexibility index (Phi) is 6.96. The molecule has 1 aliphatic rings. The summed E-state index contributed by atoms with van der Waals surface area (Å²) in [6.07, 6.45) is 3.40. The predicted octanol–water partition coefficient (Wildman–Crippen LogP) is -0.0125. The molecule has 0 radical (unpaired) electrons. The van der Waals surface area contributed by atoms with E-state index < -0.39 is 0 Å². The summed E-state index contributed by atoms with van der Waals surface area (Å²) in [5.74, 6) is 0.312. The zero-order valence-electron chi connectivity index (χ0n) is 13.8. The van der Waals surface area contributed by atoms with Crippen LogP contribution in [0.3, 0.4) is 0 Å². The molecule has 1 aromatic rings. The minimum absolute atomic E-state index is 0. The van der Waals surface area contributed by atoms with Gasteiger partial charge in [0.05, 0.1) is 6.20 Å². The monoisotopic (exact) mass is 344 g/mol. The van der Waals surface area contributed by atoms with Gasteiger partial charge in [0.15, 0.2) is 5.69 Å². The number of piperidine rings is 1. The van der Waals surface area contributed by atoms with Crippen molar-refractivity contribution in [1.82, 2.24) is 24.8 Å². The molecule has 0 saturated carbocycles. The second-order valence-electron chi connectivity index (χ2n) is 6.11. The maximum atomic E-state index is 12.6. The van der Waals surface area contributed by atoms with Gasteiger partial charge in [-0.05, 0) is 18.8 Å². The highest BCUT2D eigenvalue weighted by molar-refractivity contribution is 5.92. The van der Waals surface area contributed by atoms with Crippen molar-refractivity contribution in [3.05, 3.63) is 11.9 Å². The van der Waals surface area contributed by atoms with E-state index in [1.807, 2.05) is 0 Å². The van der Waals surface area contributed by atoms with Crippen LogP contribution in [-0.2, 0) is 11.3 Å². The van der Waals surface area contributed by atoms with E-state index in [2.05, 4.69) is 17.2 Å². The largest absolute Gasteiger partial charge is 0.347 e. The van der Waals surface area contributed by atoms with Crippen molar-refractivity contribution in [3.63, 3.8) is 0 Å². The number of nitrogens with zero attached hydrogens (tertiary/aromatic N) is 5. The summed E-state index contributed by atoms with van der Waals surface area (Å²) in [4.78, 5) is 27.5. The number of hydrogen-bond donors (Lipinski definition) is 1. The third-order valence-electron chi connectivity index (χ3n) is 4.06. The van der Waals surface area contributed by atoms with Crippen molar-refractivity contribution in [3.8, 4) is 0 Å². The Morgan fingerprint density at radius 1 is 1.43 bits per heavy atom. The van der Waals surface area contributed by atoms with E-state index in [-0.39, 0.29) is 42.5 Å². The lowest BCUT2D eigenvalue weighted by Crippen LogP contribution is -2.49. The number of carbonyl (C=O) groups excluding carboxylic acids is 2. The van der Waals surface area contributed by atoms with Gasteiger partial charge < -0.3 is 15.5 Å². The molecular formula is C14H25ClN6O2. The quantitative estimate of drug-likeness (QED) is 0.828. The van der Waals surface area contributed by atoms with Crippen LogP contribution >= 0.6 is 12.4 Å². The molecule has 2 N–H and O–H groups in total. The van der Waals surface area contributed by atoms with Crippen LogP contribution in [0.1, 0.15) is 30.3 Å². The highest BCUT2D eigenvalue weighted by Gasteiger charge is 2.30. The maximum absolute atomic E-state index is 12.6. The summed E-state index contributed by atoms with van der Waals surface area (Å²) in [7, 11) is 3.35. The lowest BCUT2D eigenvalue weighted by molar-refractivity contribution is -0.129. The van der Waals surface area contributed by atoms with E-state index in [4.69, 9.17) is 5.73 Å². The van der Waals surface area contributed by atoms with Crippen molar-refractivity contribution in [1.29, 1.82) is 0 Å². The van der Waals surface area contributed by atoms with Crippen molar-refractivity contribution < 1.29 is 9.59 Å². The molecule has 0 aromatic carbocycles. The normalized spacial score (nSPS) is 20.8. The number of nitrogens with two attached hydrogens (primary N) is 1. The molecule has 0 spiro atoms. The van der Waals surface area contributed by atoms with E-state index in [1.54, 1.807) is 19.0 Å². The standard InChI is InChI=1S/C14H24N6O2.ClH/c1-10-4-5-20(11(6-10)7-15)14(22)12-8-19(17-16-12)9-13(21)18(2)3;/h8,10-11H,4-7,9,15H2,1-3H3;1H. The van der Waals surface area contributed by atoms with Gasteiger partial charge in [-0.3, -0.25) is 9.59 Å². The predicted molar refractivity (Wildman–Crippen MR) is 88.2 cm³/mol. The van der Waals surface area contributed by atoms with Gasteiger partial charge in [-0.25, -0.2) is 4.68 Å². The first-order valence-electron chi connectivity index (χ1n) is 7.53. The van der Waals surface area contributed by atoms with Gasteiger partial charge in [-0.15, -0.1) is 17.5 Å². The Hall–Kier alpha value is -1.67. The van der Waals surface area contributed by atoms with Crippen LogP contribution in [0, 0.1) is 5.92 Å². The van der Waals surface area contributed by atoms with Gasteiger partial charge in [-0.2, -0.15) is 0 Å². The highest BCUT2D eigenvalue weighted by atomic mass is 35.5. The van der Waals surface area contributed by atoms with Crippen LogP contribution in [0.15, 0.2) is 6.20 Å². The second kappa shape index (κ2) is 8.26. The molecule has 1 aromatic heterocycles. The summed E-state index contributed by atoms with van der Waals surface area (Å²) in [5.41, 5.74) is 6.05. The average molecular weight is 345 g/mol. The Bertz CT molecular complexity index is 547. The van der Waals surface area contributed by atoms with Crippen LogP contribution in [0.5, 0.6) is 0 Å². The van der Waals surface area contributed by atoms with Gasteiger partial charge in [0, 0.05) is 33.2 Å². The molecule has 2 amide bonds. The van der Waals surface area contributed by atoms with E-state index in [9.17, 15) is 9.59 Å². The fraction of sp³-hybridized carbons (Fsp3) is 0.714. The molecular weight excluding hydrogens is 320 g/mol. The minimum Gasteiger partial charge on any atom is -0.347 e. The smallest absolute Gasteiger partial charge is 0.276 e. The van der Waals surface area contributed by atoms with Gasteiger partial charge in [0.2, 0.25) is 5.91 Å². The molecule has 0 bridgehead atoms. The SMILES string of the molecule is CC1CCN(C(=O)c2cn(CC(=O)N(C)C)nn2)C(CN)C1.Cl. The topological polar surface area (TPSA) is 97.4 Å². The van der Waals surface area contributed by atoms with E-state index in [1.165, 1.54) is 15.8 Å². The Balaban J connectivity index is 0.00000264. The number of rotatable bonds is 4. The zero-order valence-corrected chi connectivity index (χ0v) is 14.6. The Morgan fingerprint density at radius 3 is 2.74 bits per heavy atom. The lowest BCUT2D eigenvalue weighted by atomic mass is 9.92. The average Bonchev–Trinajstić information content (AvgIpc) is 2.94. The van der Waals surface area contributed by atoms with Crippen LogP contribution < -0.4 is 5.73 Å². The first kappa shape index (κ1) is 19.4. The fourth-order valence-corrected chi connectivity index (χ4v) is 2.64. The first-order valence-corrected chi connectivity index (χ1v) is 7.53. The van der Waals surface area contributed by atoms with Crippen molar-refractivity contribution in [2.24, 2.45) is 11.7 Å². The number of aromatic nitrogens is 3. The summed E-state index contributed by atoms with van der Waals surface area (Å²) < 4.78 is 1.39. The highest BCUT2D eigenvalue weighted by Crippen LogP contribution is 2.23. The number of hydrogen-bond acceptors (Lipinski definition) is 5. The zero-order chi connectivity index (χ0) is 16.3. The van der Waals surface area contributed by atoms with Gasteiger partial charge >= 0.3 is 0 Å². The molecule has 1 fully saturated rings. The van der Waals surface area contributed by atoms with E-state index in [0.29, 0.717) is 19.0 Å². The van der Waals surface area contributed by atoms with Crippen molar-refractivity contribution in [2.45, 2.75) is 32.4 Å². The van der Waals surface area contributed by atoms with Crippen LogP contribution in [-0.4, -0.2) is 69.8 Å². The number of likely N-dealkylation sites (tertiary alicyclic amines) is 1. The summed E-state index contributed by atoms with van der Waals surface area (Å²) in [6.45, 7) is 3.38. The Labute approximate surface area is 142 Å². The number of amides is 2. The van der Waals surface area contributed by atoms with Crippen LogP contribution in [0.25, 0.3) is 0 Å². The van der Waals surface area contributed by atoms with Gasteiger partial charge in [0.25, 0.3) is 5.91 Å². The van der Waals surface area contributed by atoms with Crippen LogP contribution in [0.4, 0.5) is 0 Å². The Morgan fingerprint density at radius 2 is 2.13 bits per heavy atom. The summed E-state index contributed by atoms with van der Waals surface area (Å²) >= 11 is 0. The van der Waals surface area contributed by atoms with Gasteiger partial charge in [0.1, 0.15) is 6.54 Å². The first-order chi connectivity index (χ1) is 10.4. The molecule has 2 heterocycles. The maximum Gasteiger partial charge on any atom is 0.276 e. The van der Waals surface area contributed by atoms with Crippen molar-refractivity contribution in [2.75, 3.05) is 27.2 Å². The third kappa shape index (κ3) is 4.65. The molecule has 130 valence electrons. The molecule has 2 atom stereocenters. The van der Waals surface area contributed by atoms with Crippen molar-refractivity contribution >= 4 is 24.2 Å². The summed E-state index contributed by atoms with van der Waals surface area (Å²) in [6, 6.07) is 0.0461. The number of carbonyl (C=O) groups is 2. The molecule has 1 aliphatic heterocycles. The van der Waals surface area contributed by atoms with Gasteiger partial charge in [-0.1, -0.05) is 12.1 Å². The van der Waals surface area contributed by atoms with E-state index in [0.717, 1.165) is 12.8 Å². The third-order valence-corrected chi connectivity index (χ3v) is 4.06. The molecule has 2 unspecified atom stereocenters. The second-order valence-corrected chi connectivity index (χ2v) is 6.11. The lowest BCUT2D eigenvalue weighted by Gasteiger charge is -2.37. The molecule has 8 nitrogen and oxygen atoms in total. The minimum atomic E-state index is -0.161. The molecule has 0 aliphatic carbocycles. The number of halogens is 1. The molecule has 23 heavy (non-hydrogen) atoms. The van der Waals surface area contributed by atoms with E-state index >= 15 is 0 Å².